The topological polar surface area (TPSA) is 3.24 Å². The summed E-state index contributed by atoms with van der Waals surface area (Å²) in [5.41, 5.74) is 2.04. The average molecular weight is 255 g/mol. The lowest BCUT2D eigenvalue weighted by molar-refractivity contribution is 0.143. The Morgan fingerprint density at radius 3 is 2.74 bits per heavy atom. The fourth-order valence-corrected chi connectivity index (χ4v) is 4.13. The third-order valence-corrected chi connectivity index (χ3v) is 5.55. The van der Waals surface area contributed by atoms with Crippen molar-refractivity contribution in [2.75, 3.05) is 13.6 Å². The highest BCUT2D eigenvalue weighted by Crippen LogP contribution is 2.71. The van der Waals surface area contributed by atoms with Gasteiger partial charge in [0, 0.05) is 19.3 Å². The van der Waals surface area contributed by atoms with Crippen molar-refractivity contribution in [3.8, 4) is 0 Å². The van der Waals surface area contributed by atoms with Gasteiger partial charge in [0.1, 0.15) is 0 Å². The van der Waals surface area contributed by atoms with Crippen molar-refractivity contribution in [2.45, 2.75) is 33.1 Å². The normalized spacial score (nSPS) is 33.2. The van der Waals surface area contributed by atoms with Gasteiger partial charge in [0.05, 0.1) is 0 Å². The van der Waals surface area contributed by atoms with Crippen molar-refractivity contribution in [1.82, 2.24) is 4.90 Å². The zero-order chi connectivity index (χ0) is 13.6. The summed E-state index contributed by atoms with van der Waals surface area (Å²) in [6, 6.07) is 8.45. The first-order valence-corrected chi connectivity index (χ1v) is 7.53. The van der Waals surface area contributed by atoms with E-state index in [2.05, 4.69) is 56.6 Å². The Labute approximate surface area is 116 Å². The van der Waals surface area contributed by atoms with Gasteiger partial charge in [0.2, 0.25) is 0 Å². The van der Waals surface area contributed by atoms with Crippen LogP contribution in [0.3, 0.4) is 0 Å². The molecule has 3 rings (SSSR count). The van der Waals surface area contributed by atoms with Gasteiger partial charge in [-0.1, -0.05) is 44.2 Å². The highest BCUT2D eigenvalue weighted by Gasteiger charge is 2.65. The van der Waals surface area contributed by atoms with Gasteiger partial charge in [-0.05, 0) is 47.5 Å². The number of benzene rings is 1. The van der Waals surface area contributed by atoms with Crippen LogP contribution < -0.4 is 10.4 Å². The maximum absolute atomic E-state index is 4.14. The Balaban J connectivity index is 1.76. The van der Waals surface area contributed by atoms with Crippen LogP contribution in [0.2, 0.25) is 0 Å². The number of fused-ring (bicyclic) bond motifs is 1. The molecule has 2 saturated carbocycles. The molecule has 0 spiro atoms. The molecule has 0 bridgehead atoms. The summed E-state index contributed by atoms with van der Waals surface area (Å²) in [4.78, 5) is 2.45. The third-order valence-electron chi connectivity index (χ3n) is 5.55. The number of hydrogen-bond donors (Lipinski definition) is 0. The summed E-state index contributed by atoms with van der Waals surface area (Å²) in [7, 11) is 2.24. The lowest BCUT2D eigenvalue weighted by Gasteiger charge is -2.37. The molecule has 2 aliphatic rings. The van der Waals surface area contributed by atoms with Gasteiger partial charge in [-0.15, -0.1) is 0 Å². The molecule has 0 radical (unpaired) electrons. The van der Waals surface area contributed by atoms with Crippen LogP contribution in [0.1, 0.15) is 33.1 Å². The van der Waals surface area contributed by atoms with Crippen LogP contribution in [-0.4, -0.2) is 18.5 Å². The monoisotopic (exact) mass is 255 g/mol. The summed E-state index contributed by atoms with van der Waals surface area (Å²) in [5, 5.41) is 2.43. The number of hydrogen-bond acceptors (Lipinski definition) is 1. The minimum Gasteiger partial charge on any atom is -0.377 e. The SMILES string of the molecule is C=c1cccc/c1=C(\C)N(C)CC12CC(CC)C1C2. The van der Waals surface area contributed by atoms with Crippen LogP contribution in [0.15, 0.2) is 24.3 Å². The lowest BCUT2D eigenvalue weighted by atomic mass is 9.73. The predicted octanol–water partition coefficient (Wildman–Crippen LogP) is 2.59. The van der Waals surface area contributed by atoms with Gasteiger partial charge in [-0.25, -0.2) is 0 Å². The van der Waals surface area contributed by atoms with E-state index in [-0.39, 0.29) is 0 Å². The zero-order valence-electron chi connectivity index (χ0n) is 12.4. The smallest absolute Gasteiger partial charge is 0.0231 e. The molecule has 0 heterocycles. The van der Waals surface area contributed by atoms with Crippen LogP contribution in [-0.2, 0) is 0 Å². The van der Waals surface area contributed by atoms with Gasteiger partial charge < -0.3 is 4.90 Å². The maximum Gasteiger partial charge on any atom is 0.0231 e. The number of rotatable bonds is 4. The van der Waals surface area contributed by atoms with E-state index in [0.29, 0.717) is 5.41 Å². The Morgan fingerprint density at radius 2 is 2.11 bits per heavy atom. The highest BCUT2D eigenvalue weighted by molar-refractivity contribution is 5.41. The summed E-state index contributed by atoms with van der Waals surface area (Å²) in [6.45, 7) is 9.94. The predicted molar refractivity (Wildman–Crippen MR) is 81.9 cm³/mol. The third kappa shape index (κ3) is 2.00. The van der Waals surface area contributed by atoms with Crippen LogP contribution in [0.25, 0.3) is 12.3 Å². The second kappa shape index (κ2) is 4.40. The Bertz CT molecular complexity index is 588. The van der Waals surface area contributed by atoms with E-state index >= 15 is 0 Å². The van der Waals surface area contributed by atoms with E-state index in [4.69, 9.17) is 0 Å². The molecule has 0 amide bonds. The molecule has 0 N–H and O–H groups in total. The second-order valence-corrected chi connectivity index (χ2v) is 6.64. The van der Waals surface area contributed by atoms with Crippen LogP contribution in [0.5, 0.6) is 0 Å². The second-order valence-electron chi connectivity index (χ2n) is 6.64. The van der Waals surface area contributed by atoms with Crippen LogP contribution in [0.4, 0.5) is 0 Å². The van der Waals surface area contributed by atoms with E-state index < -0.39 is 0 Å². The van der Waals surface area contributed by atoms with Crippen molar-refractivity contribution < 1.29 is 0 Å². The highest BCUT2D eigenvalue weighted by atomic mass is 15.1. The Morgan fingerprint density at radius 1 is 1.37 bits per heavy atom. The first kappa shape index (κ1) is 12.8. The minimum atomic E-state index is 0.673. The van der Waals surface area contributed by atoms with Crippen molar-refractivity contribution >= 4 is 12.3 Å². The summed E-state index contributed by atoms with van der Waals surface area (Å²) < 4.78 is 0. The molecular formula is C18H25N. The Kier molecular flexibility index (Phi) is 2.96. The molecule has 1 nitrogen and oxygen atoms in total. The first-order chi connectivity index (χ1) is 9.07. The van der Waals surface area contributed by atoms with E-state index in [9.17, 15) is 0 Å². The van der Waals surface area contributed by atoms with Crippen LogP contribution >= 0.6 is 0 Å². The standard InChI is InChI=1S/C18H25N/c1-5-15-10-18(11-17(15)18)12-19(4)14(3)16-9-7-6-8-13(16)2/h6-9,15,17H,2,5,10-12H2,1,3-4H3/b16-14-. The molecule has 2 fully saturated rings. The lowest BCUT2D eigenvalue weighted by Crippen LogP contribution is -2.38. The van der Waals surface area contributed by atoms with Crippen molar-refractivity contribution in [3.63, 3.8) is 0 Å². The molecule has 0 aliphatic heterocycles. The number of nitrogens with zero attached hydrogens (tertiary/aromatic N) is 1. The van der Waals surface area contributed by atoms with Gasteiger partial charge in [0.25, 0.3) is 0 Å². The summed E-state index contributed by atoms with van der Waals surface area (Å²) in [5.74, 6) is 2.05. The summed E-state index contributed by atoms with van der Waals surface area (Å²) >= 11 is 0. The molecule has 1 aromatic rings. The molecule has 1 aromatic carbocycles. The fourth-order valence-electron chi connectivity index (χ4n) is 4.13. The molecule has 102 valence electrons. The average Bonchev–Trinajstić information content (AvgIpc) is 2.96. The first-order valence-electron chi connectivity index (χ1n) is 7.53. The van der Waals surface area contributed by atoms with Crippen LogP contribution in [0, 0.1) is 17.3 Å². The molecular weight excluding hydrogens is 230 g/mol. The molecule has 0 aromatic heterocycles. The van der Waals surface area contributed by atoms with Gasteiger partial charge >= 0.3 is 0 Å². The van der Waals surface area contributed by atoms with Crippen molar-refractivity contribution in [3.05, 3.63) is 34.7 Å². The molecule has 3 atom stereocenters. The minimum absolute atomic E-state index is 0.673. The van der Waals surface area contributed by atoms with E-state index in [1.54, 1.807) is 0 Å². The zero-order valence-corrected chi connectivity index (χ0v) is 12.4. The maximum atomic E-state index is 4.14. The van der Waals surface area contributed by atoms with Crippen molar-refractivity contribution in [2.24, 2.45) is 17.3 Å². The quantitative estimate of drug-likeness (QED) is 0.799. The largest absolute Gasteiger partial charge is 0.377 e. The summed E-state index contributed by atoms with van der Waals surface area (Å²) in [6.07, 6.45) is 4.30. The molecule has 3 unspecified atom stereocenters. The Hall–Kier alpha value is -1.24. The van der Waals surface area contributed by atoms with Gasteiger partial charge in [0.15, 0.2) is 0 Å². The molecule has 19 heavy (non-hydrogen) atoms. The van der Waals surface area contributed by atoms with E-state index in [1.165, 1.54) is 36.7 Å². The van der Waals surface area contributed by atoms with Crippen molar-refractivity contribution in [1.29, 1.82) is 0 Å². The molecule has 0 saturated heterocycles. The van der Waals surface area contributed by atoms with E-state index in [1.807, 2.05) is 0 Å². The van der Waals surface area contributed by atoms with E-state index in [0.717, 1.165) is 17.1 Å². The van der Waals surface area contributed by atoms with Gasteiger partial charge in [-0.2, -0.15) is 0 Å². The fraction of sp³-hybridized carbons (Fsp3) is 0.556. The molecule has 1 heteroatoms. The van der Waals surface area contributed by atoms with Gasteiger partial charge in [-0.3, -0.25) is 0 Å². The molecule has 2 aliphatic carbocycles.